The molecule has 3 heterocycles. The second-order valence-electron chi connectivity index (χ2n) is 7.40. The Morgan fingerprint density at radius 2 is 1.84 bits per heavy atom. The van der Waals surface area contributed by atoms with Crippen LogP contribution in [0, 0.1) is 19.7 Å². The van der Waals surface area contributed by atoms with E-state index in [0.717, 1.165) is 39.3 Å². The van der Waals surface area contributed by atoms with Gasteiger partial charge in [-0.1, -0.05) is 0 Å². The van der Waals surface area contributed by atoms with Crippen molar-refractivity contribution >= 4 is 34.9 Å². The predicted octanol–water partition coefficient (Wildman–Crippen LogP) is 3.13. The van der Waals surface area contributed by atoms with Gasteiger partial charge in [-0.15, -0.1) is 0 Å². The summed E-state index contributed by atoms with van der Waals surface area (Å²) in [5, 5.41) is -0.454. The molecule has 9 heteroatoms. The number of imide groups is 1. The predicted molar refractivity (Wildman–Crippen MR) is 115 cm³/mol. The van der Waals surface area contributed by atoms with Crippen LogP contribution in [0.5, 0.6) is 0 Å². The van der Waals surface area contributed by atoms with Crippen LogP contribution in [-0.4, -0.2) is 64.3 Å². The van der Waals surface area contributed by atoms with Gasteiger partial charge in [0, 0.05) is 30.2 Å². The van der Waals surface area contributed by atoms with Crippen molar-refractivity contribution in [1.82, 2.24) is 14.4 Å². The molecule has 3 amide bonds. The Balaban J connectivity index is 1.55. The molecule has 0 N–H and O–H groups in total. The third-order valence-corrected chi connectivity index (χ3v) is 6.28. The van der Waals surface area contributed by atoms with Gasteiger partial charge in [-0.05, 0) is 67.6 Å². The second-order valence-corrected chi connectivity index (χ2v) is 8.39. The monoisotopic (exact) mass is 443 g/mol. The van der Waals surface area contributed by atoms with E-state index >= 15 is 0 Å². The molecule has 2 fully saturated rings. The van der Waals surface area contributed by atoms with E-state index in [-0.39, 0.29) is 23.2 Å². The van der Waals surface area contributed by atoms with E-state index in [4.69, 9.17) is 4.74 Å². The van der Waals surface area contributed by atoms with Gasteiger partial charge in [0.05, 0.1) is 18.1 Å². The number of benzene rings is 1. The number of morpholine rings is 1. The van der Waals surface area contributed by atoms with E-state index in [1.165, 1.54) is 12.1 Å². The van der Waals surface area contributed by atoms with Gasteiger partial charge in [-0.2, -0.15) is 0 Å². The maximum Gasteiger partial charge on any atom is 0.294 e. The zero-order chi connectivity index (χ0) is 22.1. The number of aryl methyl sites for hydroxylation is 1. The van der Waals surface area contributed by atoms with Gasteiger partial charge in [-0.25, -0.2) is 4.39 Å². The summed E-state index contributed by atoms with van der Waals surface area (Å²) in [5.74, 6) is -1.05. The molecular formula is C22H22FN3O4S. The summed E-state index contributed by atoms with van der Waals surface area (Å²) in [7, 11) is 0. The molecule has 7 nitrogen and oxygen atoms in total. The van der Waals surface area contributed by atoms with E-state index in [1.54, 1.807) is 23.1 Å². The molecule has 2 aromatic rings. The molecule has 0 unspecified atom stereocenters. The van der Waals surface area contributed by atoms with Crippen LogP contribution in [0.3, 0.4) is 0 Å². The van der Waals surface area contributed by atoms with Crippen LogP contribution in [0.2, 0.25) is 0 Å². The second kappa shape index (κ2) is 8.68. The van der Waals surface area contributed by atoms with Crippen molar-refractivity contribution in [1.29, 1.82) is 0 Å². The molecule has 2 aliphatic rings. The van der Waals surface area contributed by atoms with Crippen molar-refractivity contribution in [2.45, 2.75) is 13.8 Å². The number of ether oxygens (including phenoxy) is 1. The highest BCUT2D eigenvalue weighted by molar-refractivity contribution is 8.18. The molecule has 2 aliphatic heterocycles. The van der Waals surface area contributed by atoms with Gasteiger partial charge in [0.1, 0.15) is 12.4 Å². The Hall–Kier alpha value is -2.91. The number of nitrogens with zero attached hydrogens (tertiary/aromatic N) is 3. The van der Waals surface area contributed by atoms with Crippen LogP contribution < -0.4 is 0 Å². The van der Waals surface area contributed by atoms with Crippen LogP contribution >= 0.6 is 11.8 Å². The molecular weight excluding hydrogens is 421 g/mol. The van der Waals surface area contributed by atoms with E-state index in [0.29, 0.717) is 26.3 Å². The number of thioether (sulfide) groups is 1. The molecule has 0 spiro atoms. The third kappa shape index (κ3) is 4.28. The molecule has 0 aliphatic carbocycles. The molecule has 0 bridgehead atoms. The number of rotatable bonds is 4. The Bertz CT molecular complexity index is 1070. The van der Waals surface area contributed by atoms with Crippen LogP contribution in [-0.2, 0) is 14.3 Å². The van der Waals surface area contributed by atoms with E-state index < -0.39 is 11.1 Å². The zero-order valence-corrected chi connectivity index (χ0v) is 18.1. The van der Waals surface area contributed by atoms with Crippen molar-refractivity contribution < 1.29 is 23.5 Å². The van der Waals surface area contributed by atoms with E-state index in [2.05, 4.69) is 0 Å². The Morgan fingerprint density at radius 1 is 1.16 bits per heavy atom. The molecule has 0 saturated carbocycles. The summed E-state index contributed by atoms with van der Waals surface area (Å²) in [6.07, 6.45) is 1.67. The summed E-state index contributed by atoms with van der Waals surface area (Å²) < 4.78 is 20.5. The largest absolute Gasteiger partial charge is 0.378 e. The van der Waals surface area contributed by atoms with Gasteiger partial charge >= 0.3 is 0 Å². The fourth-order valence-corrected chi connectivity index (χ4v) is 4.58. The fourth-order valence-electron chi connectivity index (χ4n) is 3.75. The van der Waals surface area contributed by atoms with Crippen LogP contribution in [0.1, 0.15) is 17.0 Å². The summed E-state index contributed by atoms with van der Waals surface area (Å²) in [5.41, 5.74) is 3.37. The Kier molecular flexibility index (Phi) is 5.97. The standard InChI is InChI=1S/C22H22FN3O4S/c1-14-11-16(15(2)26(14)18-5-3-17(23)4-6-18)12-19-21(28)25(22(29)31-19)13-20(27)24-7-9-30-10-8-24/h3-6,11-12H,7-10,13H2,1-2H3. The first kappa shape index (κ1) is 21.3. The van der Waals surface area contributed by atoms with Gasteiger partial charge in [0.15, 0.2) is 0 Å². The molecule has 1 aromatic carbocycles. The van der Waals surface area contributed by atoms with Crippen LogP contribution in [0.25, 0.3) is 11.8 Å². The van der Waals surface area contributed by atoms with Gasteiger partial charge in [0.25, 0.3) is 11.1 Å². The van der Waals surface area contributed by atoms with E-state index in [9.17, 15) is 18.8 Å². The molecule has 0 radical (unpaired) electrons. The van der Waals surface area contributed by atoms with Crippen molar-refractivity contribution in [2.75, 3.05) is 32.8 Å². The smallest absolute Gasteiger partial charge is 0.294 e. The number of carbonyl (C=O) groups excluding carboxylic acids is 3. The van der Waals surface area contributed by atoms with Gasteiger partial charge in [-0.3, -0.25) is 19.3 Å². The average molecular weight is 444 g/mol. The zero-order valence-electron chi connectivity index (χ0n) is 17.3. The van der Waals surface area contributed by atoms with Crippen molar-refractivity contribution in [3.05, 3.63) is 58.0 Å². The average Bonchev–Trinajstić information content (AvgIpc) is 3.19. The van der Waals surface area contributed by atoms with Crippen LogP contribution in [0.15, 0.2) is 35.2 Å². The molecule has 2 saturated heterocycles. The fraction of sp³-hybridized carbons (Fsp3) is 0.318. The first-order valence-corrected chi connectivity index (χ1v) is 10.7. The lowest BCUT2D eigenvalue weighted by molar-refractivity contribution is -0.139. The molecule has 162 valence electrons. The highest BCUT2D eigenvalue weighted by Gasteiger charge is 2.37. The minimum atomic E-state index is -0.469. The number of hydrogen-bond acceptors (Lipinski definition) is 5. The lowest BCUT2D eigenvalue weighted by atomic mass is 10.2. The number of halogens is 1. The lowest BCUT2D eigenvalue weighted by Crippen LogP contribution is -2.46. The van der Waals surface area contributed by atoms with Crippen molar-refractivity contribution in [2.24, 2.45) is 0 Å². The summed E-state index contributed by atoms with van der Waals surface area (Å²) in [6, 6.07) is 8.06. The van der Waals surface area contributed by atoms with Crippen molar-refractivity contribution in [3.63, 3.8) is 0 Å². The highest BCUT2D eigenvalue weighted by atomic mass is 32.2. The Morgan fingerprint density at radius 3 is 2.52 bits per heavy atom. The summed E-state index contributed by atoms with van der Waals surface area (Å²) in [4.78, 5) is 40.6. The quantitative estimate of drug-likeness (QED) is 0.679. The highest BCUT2D eigenvalue weighted by Crippen LogP contribution is 2.33. The molecule has 31 heavy (non-hydrogen) atoms. The number of aromatic nitrogens is 1. The summed E-state index contributed by atoms with van der Waals surface area (Å²) in [6.45, 7) is 5.38. The lowest BCUT2D eigenvalue weighted by Gasteiger charge is -2.28. The summed E-state index contributed by atoms with van der Waals surface area (Å²) >= 11 is 0.831. The maximum absolute atomic E-state index is 13.3. The topological polar surface area (TPSA) is 71.9 Å². The van der Waals surface area contributed by atoms with Gasteiger partial charge in [0.2, 0.25) is 5.91 Å². The molecule has 0 atom stereocenters. The first-order chi connectivity index (χ1) is 14.8. The number of carbonyl (C=O) groups is 3. The van der Waals surface area contributed by atoms with Crippen LogP contribution in [0.4, 0.5) is 9.18 Å². The third-order valence-electron chi connectivity index (χ3n) is 5.37. The normalized spacial score (nSPS) is 18.4. The number of amides is 3. The first-order valence-electron chi connectivity index (χ1n) is 9.91. The number of hydrogen-bond donors (Lipinski definition) is 0. The molecule has 4 rings (SSSR count). The molecule has 1 aromatic heterocycles. The minimum Gasteiger partial charge on any atom is -0.378 e. The maximum atomic E-state index is 13.3. The van der Waals surface area contributed by atoms with Gasteiger partial charge < -0.3 is 14.2 Å². The SMILES string of the molecule is Cc1cc(C=C2SC(=O)N(CC(=O)N3CCOCC3)C2=O)c(C)n1-c1ccc(F)cc1. The Labute approximate surface area is 183 Å². The minimum absolute atomic E-state index is 0.263. The van der Waals surface area contributed by atoms with Crippen molar-refractivity contribution in [3.8, 4) is 5.69 Å². The van der Waals surface area contributed by atoms with E-state index in [1.807, 2.05) is 24.5 Å².